The van der Waals surface area contributed by atoms with Crippen LogP contribution in [0.4, 0.5) is 0 Å². The van der Waals surface area contributed by atoms with Gasteiger partial charge >= 0.3 is 0 Å². The quantitative estimate of drug-likeness (QED) is 0.844. The van der Waals surface area contributed by atoms with Gasteiger partial charge in [0.1, 0.15) is 6.61 Å². The molecule has 1 spiro atoms. The lowest BCUT2D eigenvalue weighted by molar-refractivity contribution is 0.0796. The minimum atomic E-state index is 0.289. The molecule has 1 aromatic rings. The van der Waals surface area contributed by atoms with Gasteiger partial charge in [-0.25, -0.2) is 0 Å². The van der Waals surface area contributed by atoms with E-state index in [9.17, 15) is 0 Å². The fourth-order valence-electron chi connectivity index (χ4n) is 5.14. The molecule has 4 rings (SSSR count). The summed E-state index contributed by atoms with van der Waals surface area (Å²) in [6.07, 6.45) is 9.48. The first-order valence-electron chi connectivity index (χ1n) is 9.45. The number of ether oxygens (including phenoxy) is 1. The first-order valence-corrected chi connectivity index (χ1v) is 9.45. The van der Waals surface area contributed by atoms with Gasteiger partial charge < -0.3 is 14.2 Å². The maximum atomic E-state index is 5.31. The maximum Gasteiger partial charge on any atom is 0.252 e. The summed E-state index contributed by atoms with van der Waals surface area (Å²) in [6.45, 7) is 4.09. The average molecular weight is 334 g/mol. The topological polar surface area (TPSA) is 54.6 Å². The minimum absolute atomic E-state index is 0.289. The summed E-state index contributed by atoms with van der Waals surface area (Å²) < 4.78 is 10.4. The van der Waals surface area contributed by atoms with Crippen LogP contribution < -0.4 is 0 Å². The van der Waals surface area contributed by atoms with E-state index in [4.69, 9.17) is 9.26 Å². The number of hydrogen-bond acceptors (Lipinski definition) is 6. The van der Waals surface area contributed by atoms with Crippen LogP contribution in [0.3, 0.4) is 0 Å². The highest BCUT2D eigenvalue weighted by Crippen LogP contribution is 2.48. The van der Waals surface area contributed by atoms with Gasteiger partial charge in [-0.15, -0.1) is 0 Å². The highest BCUT2D eigenvalue weighted by atomic mass is 16.5. The number of likely N-dealkylation sites (tertiary alicyclic amines) is 2. The van der Waals surface area contributed by atoms with Crippen molar-refractivity contribution in [2.24, 2.45) is 5.41 Å². The number of nitrogens with zero attached hydrogens (tertiary/aromatic N) is 4. The lowest BCUT2D eigenvalue weighted by Gasteiger charge is -2.41. The van der Waals surface area contributed by atoms with E-state index in [1.807, 2.05) is 0 Å². The van der Waals surface area contributed by atoms with E-state index in [0.29, 0.717) is 17.9 Å². The normalized spacial score (nSPS) is 29.0. The van der Waals surface area contributed by atoms with Crippen LogP contribution in [0.1, 0.15) is 62.7 Å². The highest BCUT2D eigenvalue weighted by molar-refractivity contribution is 5.05. The summed E-state index contributed by atoms with van der Waals surface area (Å²) in [7, 11) is 3.85. The predicted molar refractivity (Wildman–Crippen MR) is 90.5 cm³/mol. The Morgan fingerprint density at radius 3 is 2.71 bits per heavy atom. The average Bonchev–Trinajstić information content (AvgIpc) is 3.30. The molecule has 0 radical (unpaired) electrons. The van der Waals surface area contributed by atoms with E-state index < -0.39 is 0 Å². The Balaban J connectivity index is 1.39. The van der Waals surface area contributed by atoms with Crippen LogP contribution in [-0.2, 0) is 11.3 Å². The summed E-state index contributed by atoms with van der Waals surface area (Å²) in [6, 6.07) is 1.16. The molecule has 1 unspecified atom stereocenters. The standard InChI is InChI=1S/C18H30N4O2/c1-21-13-18(7-9-22(10-8-18)14-5-3-4-6-14)11-15(21)17-19-16(12-23-2)24-20-17/h14-15H,3-13H2,1-2H3. The van der Waals surface area contributed by atoms with Gasteiger partial charge in [0.15, 0.2) is 5.82 Å². The zero-order valence-electron chi connectivity index (χ0n) is 15.0. The van der Waals surface area contributed by atoms with Crippen molar-refractivity contribution in [3.05, 3.63) is 11.7 Å². The van der Waals surface area contributed by atoms with Gasteiger partial charge in [0.2, 0.25) is 0 Å². The molecule has 3 fully saturated rings. The molecule has 6 nitrogen and oxygen atoms in total. The molecule has 1 aromatic heterocycles. The van der Waals surface area contributed by atoms with Gasteiger partial charge in [-0.2, -0.15) is 4.98 Å². The maximum absolute atomic E-state index is 5.31. The molecule has 2 saturated heterocycles. The lowest BCUT2D eigenvalue weighted by atomic mass is 9.76. The van der Waals surface area contributed by atoms with E-state index in [1.165, 1.54) is 51.6 Å². The number of aromatic nitrogens is 2. The summed E-state index contributed by atoms with van der Waals surface area (Å²) in [5.41, 5.74) is 0.441. The van der Waals surface area contributed by atoms with E-state index in [-0.39, 0.29) is 6.04 Å². The lowest BCUT2D eigenvalue weighted by Crippen LogP contribution is -2.45. The Morgan fingerprint density at radius 1 is 1.25 bits per heavy atom. The smallest absolute Gasteiger partial charge is 0.252 e. The Morgan fingerprint density at radius 2 is 2.00 bits per heavy atom. The van der Waals surface area contributed by atoms with Crippen molar-refractivity contribution in [3.63, 3.8) is 0 Å². The van der Waals surface area contributed by atoms with E-state index in [1.54, 1.807) is 7.11 Å². The van der Waals surface area contributed by atoms with E-state index in [0.717, 1.165) is 24.8 Å². The molecular weight excluding hydrogens is 304 g/mol. The first kappa shape index (κ1) is 16.5. The second-order valence-corrected chi connectivity index (χ2v) is 8.09. The van der Waals surface area contributed by atoms with Crippen molar-refractivity contribution in [2.45, 2.75) is 63.6 Å². The summed E-state index contributed by atoms with van der Waals surface area (Å²) >= 11 is 0. The SMILES string of the molecule is COCc1nc(C2CC3(CCN(C4CCCC4)CC3)CN2C)no1. The zero-order chi connectivity index (χ0) is 16.6. The van der Waals surface area contributed by atoms with Gasteiger partial charge in [-0.1, -0.05) is 18.0 Å². The molecule has 24 heavy (non-hydrogen) atoms. The first-order chi connectivity index (χ1) is 11.7. The molecule has 134 valence electrons. The molecule has 3 heterocycles. The zero-order valence-corrected chi connectivity index (χ0v) is 15.0. The Labute approximate surface area is 144 Å². The van der Waals surface area contributed by atoms with Crippen molar-refractivity contribution in [3.8, 4) is 0 Å². The molecule has 1 atom stereocenters. The Kier molecular flexibility index (Phi) is 4.62. The highest BCUT2D eigenvalue weighted by Gasteiger charge is 2.46. The molecule has 1 saturated carbocycles. The second-order valence-electron chi connectivity index (χ2n) is 8.09. The van der Waals surface area contributed by atoms with Gasteiger partial charge in [0.05, 0.1) is 6.04 Å². The fourth-order valence-corrected chi connectivity index (χ4v) is 5.14. The van der Waals surface area contributed by atoms with Gasteiger partial charge in [-0.3, -0.25) is 4.90 Å². The van der Waals surface area contributed by atoms with Crippen LogP contribution in [0.5, 0.6) is 0 Å². The van der Waals surface area contributed by atoms with Gasteiger partial charge in [0, 0.05) is 19.7 Å². The van der Waals surface area contributed by atoms with Crippen LogP contribution >= 0.6 is 0 Å². The predicted octanol–water partition coefficient (Wildman–Crippen LogP) is 2.62. The molecule has 0 N–H and O–H groups in total. The molecular formula is C18H30N4O2. The third-order valence-electron chi connectivity index (χ3n) is 6.49. The summed E-state index contributed by atoms with van der Waals surface area (Å²) in [4.78, 5) is 9.72. The molecule has 0 amide bonds. The van der Waals surface area contributed by atoms with Crippen LogP contribution in [0.2, 0.25) is 0 Å². The van der Waals surface area contributed by atoms with Crippen molar-refractivity contribution in [1.82, 2.24) is 19.9 Å². The largest absolute Gasteiger partial charge is 0.375 e. The van der Waals surface area contributed by atoms with E-state index >= 15 is 0 Å². The summed E-state index contributed by atoms with van der Waals surface area (Å²) in [5.74, 6) is 1.41. The molecule has 6 heteroatoms. The molecule has 3 aliphatic rings. The third-order valence-corrected chi connectivity index (χ3v) is 6.49. The van der Waals surface area contributed by atoms with Crippen LogP contribution in [-0.4, -0.2) is 59.8 Å². The van der Waals surface area contributed by atoms with Crippen molar-refractivity contribution < 1.29 is 9.26 Å². The van der Waals surface area contributed by atoms with Crippen LogP contribution in [0, 0.1) is 5.41 Å². The number of rotatable bonds is 4. The minimum Gasteiger partial charge on any atom is -0.375 e. The summed E-state index contributed by atoms with van der Waals surface area (Å²) in [5, 5.41) is 4.20. The number of piperidine rings is 1. The van der Waals surface area contributed by atoms with E-state index in [2.05, 4.69) is 27.0 Å². The monoisotopic (exact) mass is 334 g/mol. The molecule has 0 aromatic carbocycles. The van der Waals surface area contributed by atoms with Crippen molar-refractivity contribution in [2.75, 3.05) is 33.8 Å². The molecule has 0 bridgehead atoms. The number of methoxy groups -OCH3 is 1. The third kappa shape index (κ3) is 3.11. The van der Waals surface area contributed by atoms with Gasteiger partial charge in [-0.05, 0) is 57.7 Å². The van der Waals surface area contributed by atoms with Crippen LogP contribution in [0.15, 0.2) is 4.52 Å². The van der Waals surface area contributed by atoms with Crippen molar-refractivity contribution in [1.29, 1.82) is 0 Å². The number of hydrogen-bond donors (Lipinski definition) is 0. The molecule has 1 aliphatic carbocycles. The van der Waals surface area contributed by atoms with Crippen LogP contribution in [0.25, 0.3) is 0 Å². The second kappa shape index (κ2) is 6.73. The molecule has 2 aliphatic heterocycles. The van der Waals surface area contributed by atoms with Gasteiger partial charge in [0.25, 0.3) is 5.89 Å². The fraction of sp³-hybridized carbons (Fsp3) is 0.889. The van der Waals surface area contributed by atoms with Crippen molar-refractivity contribution >= 4 is 0 Å². The Bertz CT molecular complexity index is 547. The Hall–Kier alpha value is -0.980.